The molecule has 2 N–H and O–H groups in total. The Kier molecular flexibility index (Phi) is 3.38. The molecule has 0 saturated heterocycles. The monoisotopic (exact) mass is 233 g/mol. The molecule has 6 nitrogen and oxygen atoms in total. The molecule has 84 valence electrons. The van der Waals surface area contributed by atoms with Gasteiger partial charge in [0.05, 0.1) is 14.2 Å². The van der Waals surface area contributed by atoms with E-state index in [0.29, 0.717) is 11.5 Å². The number of hydrogen-bond donors (Lipinski definition) is 1. The normalized spacial score (nSPS) is 10.9. The minimum absolute atomic E-state index is 0.0650. The Morgan fingerprint density at radius 3 is 2.20 bits per heavy atom. The number of methoxy groups -OCH3 is 2. The van der Waals surface area contributed by atoms with Crippen LogP contribution >= 0.6 is 0 Å². The lowest BCUT2D eigenvalue weighted by molar-refractivity contribution is 0.353. The minimum Gasteiger partial charge on any atom is -0.493 e. The number of rotatable bonds is 4. The van der Waals surface area contributed by atoms with Crippen molar-refractivity contribution in [1.29, 1.82) is 0 Å². The van der Waals surface area contributed by atoms with Gasteiger partial charge in [-0.25, -0.2) is 0 Å². The summed E-state index contributed by atoms with van der Waals surface area (Å²) in [5.41, 5.74) is 0. The van der Waals surface area contributed by atoms with Crippen molar-refractivity contribution in [1.82, 2.24) is 0 Å². The Hall–Kier alpha value is -1.47. The molecule has 1 aromatic rings. The summed E-state index contributed by atoms with van der Waals surface area (Å²) in [5.74, 6) is 0.896. The fourth-order valence-corrected chi connectivity index (χ4v) is 1.37. The van der Waals surface area contributed by atoms with Crippen LogP contribution in [0.4, 0.5) is 0 Å². The number of hydrogen-bond acceptors (Lipinski definition) is 5. The summed E-state index contributed by atoms with van der Waals surface area (Å²) in [6.07, 6.45) is 0. The molecule has 0 aliphatic heterocycles. The Morgan fingerprint density at radius 2 is 1.73 bits per heavy atom. The van der Waals surface area contributed by atoms with Crippen molar-refractivity contribution < 1.29 is 22.1 Å². The molecule has 0 heterocycles. The molecule has 0 fully saturated rings. The van der Waals surface area contributed by atoms with Gasteiger partial charge >= 0.3 is 10.3 Å². The lowest BCUT2D eigenvalue weighted by Gasteiger charge is -2.08. The van der Waals surface area contributed by atoms with Crippen molar-refractivity contribution in [3.8, 4) is 17.2 Å². The zero-order valence-electron chi connectivity index (χ0n) is 8.26. The average molecular weight is 233 g/mol. The highest BCUT2D eigenvalue weighted by atomic mass is 32.2. The molecule has 0 unspecified atom stereocenters. The predicted molar refractivity (Wildman–Crippen MR) is 53.3 cm³/mol. The SMILES string of the molecule is COc1ccc(OS(N)(=O)=O)cc1OC. The molecule has 0 aromatic heterocycles. The van der Waals surface area contributed by atoms with Crippen molar-refractivity contribution >= 4 is 10.3 Å². The van der Waals surface area contributed by atoms with Gasteiger partial charge in [0, 0.05) is 6.07 Å². The summed E-state index contributed by atoms with van der Waals surface area (Å²) < 4.78 is 35.6. The van der Waals surface area contributed by atoms with Gasteiger partial charge in [0.25, 0.3) is 0 Å². The molecule has 15 heavy (non-hydrogen) atoms. The van der Waals surface area contributed by atoms with Crippen LogP contribution in [0.1, 0.15) is 0 Å². The molecule has 7 heteroatoms. The summed E-state index contributed by atoms with van der Waals surface area (Å²) in [7, 11) is -1.12. The molecule has 0 atom stereocenters. The molecule has 0 saturated carbocycles. The van der Waals surface area contributed by atoms with Crippen molar-refractivity contribution in [2.24, 2.45) is 5.14 Å². The molecule has 0 aliphatic rings. The van der Waals surface area contributed by atoms with E-state index in [1.807, 2.05) is 0 Å². The Labute approximate surface area is 87.8 Å². The zero-order valence-corrected chi connectivity index (χ0v) is 9.08. The first-order valence-electron chi connectivity index (χ1n) is 3.90. The first-order valence-corrected chi connectivity index (χ1v) is 5.37. The molecule has 0 aliphatic carbocycles. The summed E-state index contributed by atoms with van der Waals surface area (Å²) in [6.45, 7) is 0. The molecular formula is C8H11NO5S. The van der Waals surface area contributed by atoms with E-state index < -0.39 is 10.3 Å². The summed E-state index contributed by atoms with van der Waals surface area (Å²) in [6, 6.07) is 4.29. The van der Waals surface area contributed by atoms with Crippen LogP contribution in [0.25, 0.3) is 0 Å². The predicted octanol–water partition coefficient (Wildman–Crippen LogP) is 0.286. The topological polar surface area (TPSA) is 87.9 Å². The van der Waals surface area contributed by atoms with Gasteiger partial charge in [0.2, 0.25) is 0 Å². The molecule has 1 aromatic carbocycles. The molecule has 0 bridgehead atoms. The molecule has 0 radical (unpaired) electrons. The standard InChI is InChI=1S/C8H11NO5S/c1-12-7-4-3-6(5-8(7)13-2)14-15(9,10)11/h3-5H,1-2H3,(H2,9,10,11). The fraction of sp³-hybridized carbons (Fsp3) is 0.250. The van der Waals surface area contributed by atoms with Gasteiger partial charge < -0.3 is 13.7 Å². The number of nitrogens with two attached hydrogens (primary N) is 1. The highest BCUT2D eigenvalue weighted by Crippen LogP contribution is 2.31. The molecule has 1 rings (SSSR count). The van der Waals surface area contributed by atoms with Gasteiger partial charge in [-0.05, 0) is 12.1 Å². The van der Waals surface area contributed by atoms with Crippen LogP contribution < -0.4 is 18.8 Å². The van der Waals surface area contributed by atoms with Crippen LogP contribution in [0, 0.1) is 0 Å². The Balaban J connectivity index is 3.03. The van der Waals surface area contributed by atoms with Gasteiger partial charge in [-0.3, -0.25) is 0 Å². The molecule has 0 spiro atoms. The molecular weight excluding hydrogens is 222 g/mol. The average Bonchev–Trinajstić information content (AvgIpc) is 2.15. The highest BCUT2D eigenvalue weighted by Gasteiger charge is 2.09. The third-order valence-corrected chi connectivity index (χ3v) is 1.99. The quantitative estimate of drug-likeness (QED) is 0.807. The van der Waals surface area contributed by atoms with Crippen molar-refractivity contribution in [3.63, 3.8) is 0 Å². The second kappa shape index (κ2) is 4.37. The Bertz CT molecular complexity index is 442. The lowest BCUT2D eigenvalue weighted by atomic mass is 10.3. The van der Waals surface area contributed by atoms with Crippen molar-refractivity contribution in [2.75, 3.05) is 14.2 Å². The van der Waals surface area contributed by atoms with Crippen LogP contribution in [0.5, 0.6) is 17.2 Å². The third-order valence-electron chi connectivity index (χ3n) is 1.57. The van der Waals surface area contributed by atoms with E-state index in [9.17, 15) is 8.42 Å². The number of ether oxygens (including phenoxy) is 2. The van der Waals surface area contributed by atoms with E-state index in [0.717, 1.165) is 0 Å². The first kappa shape index (κ1) is 11.6. The summed E-state index contributed by atoms with van der Waals surface area (Å²) in [5, 5.41) is 4.71. The van der Waals surface area contributed by atoms with Crippen LogP contribution in [-0.4, -0.2) is 22.6 Å². The van der Waals surface area contributed by atoms with E-state index >= 15 is 0 Å². The van der Waals surface area contributed by atoms with Gasteiger partial charge in [-0.15, -0.1) is 0 Å². The summed E-state index contributed by atoms with van der Waals surface area (Å²) in [4.78, 5) is 0. The largest absolute Gasteiger partial charge is 0.493 e. The maximum atomic E-state index is 10.6. The third kappa shape index (κ3) is 3.30. The zero-order chi connectivity index (χ0) is 11.5. The van der Waals surface area contributed by atoms with E-state index in [4.69, 9.17) is 14.6 Å². The lowest BCUT2D eigenvalue weighted by Crippen LogP contribution is -2.18. The number of benzene rings is 1. The Morgan fingerprint density at radius 1 is 1.13 bits per heavy atom. The van der Waals surface area contributed by atoms with Crippen LogP contribution in [-0.2, 0) is 10.3 Å². The van der Waals surface area contributed by atoms with E-state index in [-0.39, 0.29) is 5.75 Å². The van der Waals surface area contributed by atoms with E-state index in [2.05, 4.69) is 4.18 Å². The van der Waals surface area contributed by atoms with Crippen LogP contribution in [0.2, 0.25) is 0 Å². The van der Waals surface area contributed by atoms with Crippen LogP contribution in [0.3, 0.4) is 0 Å². The van der Waals surface area contributed by atoms with E-state index in [1.165, 1.54) is 32.4 Å². The van der Waals surface area contributed by atoms with Crippen molar-refractivity contribution in [3.05, 3.63) is 18.2 Å². The maximum absolute atomic E-state index is 10.6. The van der Waals surface area contributed by atoms with E-state index in [1.54, 1.807) is 0 Å². The first-order chi connectivity index (χ1) is 6.96. The smallest absolute Gasteiger partial charge is 0.380 e. The van der Waals surface area contributed by atoms with Crippen molar-refractivity contribution in [2.45, 2.75) is 0 Å². The fourth-order valence-electron chi connectivity index (χ4n) is 1.00. The molecule has 0 amide bonds. The minimum atomic E-state index is -4.02. The van der Waals surface area contributed by atoms with Gasteiger partial charge in [0.15, 0.2) is 11.5 Å². The van der Waals surface area contributed by atoms with Gasteiger partial charge in [0.1, 0.15) is 5.75 Å². The van der Waals surface area contributed by atoms with Gasteiger partial charge in [-0.2, -0.15) is 13.6 Å². The maximum Gasteiger partial charge on any atom is 0.380 e. The summed E-state index contributed by atoms with van der Waals surface area (Å²) >= 11 is 0. The second-order valence-electron chi connectivity index (χ2n) is 2.59. The van der Waals surface area contributed by atoms with Crippen LogP contribution in [0.15, 0.2) is 18.2 Å². The van der Waals surface area contributed by atoms with Gasteiger partial charge in [-0.1, -0.05) is 0 Å². The highest BCUT2D eigenvalue weighted by molar-refractivity contribution is 7.84. The second-order valence-corrected chi connectivity index (χ2v) is 3.75.